The first-order valence-corrected chi connectivity index (χ1v) is 24.6. The van der Waals surface area contributed by atoms with Crippen LogP contribution in [0.5, 0.6) is 0 Å². The highest BCUT2D eigenvalue weighted by Gasteiger charge is 2.21. The number of nitrogens with one attached hydrogen (secondary N) is 6. The van der Waals surface area contributed by atoms with Gasteiger partial charge in [-0.05, 0) is 78.2 Å². The Morgan fingerprint density at radius 1 is 0.676 bits per heavy atom. The Balaban J connectivity index is 0.000000194. The van der Waals surface area contributed by atoms with Crippen molar-refractivity contribution in [3.05, 3.63) is 212 Å². The van der Waals surface area contributed by atoms with Crippen LogP contribution in [0.3, 0.4) is 0 Å². The van der Waals surface area contributed by atoms with Gasteiger partial charge in [-0.15, -0.1) is 8.42 Å². The van der Waals surface area contributed by atoms with Crippen LogP contribution in [0.25, 0.3) is 32.7 Å². The van der Waals surface area contributed by atoms with Gasteiger partial charge in [0, 0.05) is 58.0 Å². The van der Waals surface area contributed by atoms with Gasteiger partial charge in [0.15, 0.2) is 12.4 Å². The molecule has 0 aliphatic carbocycles. The van der Waals surface area contributed by atoms with Crippen LogP contribution in [0.2, 0.25) is 0 Å². The molecule has 5 aromatic carbocycles. The summed E-state index contributed by atoms with van der Waals surface area (Å²) in [6.07, 6.45) is 14.6. The zero-order chi connectivity index (χ0) is 50.7. The minimum Gasteiger partial charge on any atom is -0.744 e. The molecule has 1 aliphatic rings. The predicted octanol–water partition coefficient (Wildman–Crippen LogP) is 7.39. The largest absolute Gasteiger partial charge is 0.744 e. The lowest BCUT2D eigenvalue weighted by molar-refractivity contribution is -0.704. The van der Waals surface area contributed by atoms with E-state index in [1.165, 1.54) is 53.8 Å². The number of rotatable bonds is 5. The molecular formula is C49H46F2N9O8S3+. The first-order chi connectivity index (χ1) is 33.4. The first kappa shape index (κ1) is 55.1. The quantitative estimate of drug-likeness (QED) is 0.0658. The lowest BCUT2D eigenvalue weighted by Gasteiger charge is -2.08. The van der Waals surface area contributed by atoms with Crippen LogP contribution in [0.4, 0.5) is 20.2 Å². The smallest absolute Gasteiger partial charge is 0.436 e. The number of nitrogens with zero attached hydrogens (tertiary/aromatic N) is 2. The molecule has 5 heterocycles. The first-order valence-electron chi connectivity index (χ1n) is 20.3. The van der Waals surface area contributed by atoms with Crippen molar-refractivity contribution in [3.8, 4) is 12.1 Å². The Morgan fingerprint density at radius 3 is 1.70 bits per heavy atom. The molecule has 1 atom stereocenters. The van der Waals surface area contributed by atoms with Gasteiger partial charge in [-0.25, -0.2) is 35.2 Å². The zero-order valence-electron chi connectivity index (χ0n) is 36.4. The van der Waals surface area contributed by atoms with Gasteiger partial charge >= 0.3 is 10.3 Å². The standard InChI is InChI=1S/C15H10FN3O2S.C8H7NO3S.C8H7N.C7H5FN2.C5H7NO3S.C5H5N.CH4/c16-12-7-10(8-17)5-6-14(12)19-22(20,21)15-9-18-13-4-2-1-3-11(13)15;10-13(11,12)8-5-9-7-4-2-1-3-6(7)8;1-2-4-8-7(3-1)5-6-9-8;8-6-3-5(4-9)1-2-7(6)10;7-10(8,9)6-4-2-1-3-5-6;1-2-4-6-5-3-1;/h1-7,9,18-19H;1-5,9H,(H,10,11,12);1-6,9H;1-3H,10H2;1-4H,5H2,(H,7,8,9);1-5H;1H4/p+1. The molecule has 71 heavy (non-hydrogen) atoms. The molecule has 17 nitrogen and oxygen atoms in total. The molecule has 0 spiro atoms. The maximum absolute atomic E-state index is 13.8. The molecule has 0 bridgehead atoms. The van der Waals surface area contributed by atoms with E-state index in [1.54, 1.807) is 78.9 Å². The molecular weight excluding hydrogens is 977 g/mol. The number of hydrogen-bond acceptors (Lipinski definition) is 10. The summed E-state index contributed by atoms with van der Waals surface area (Å²) in [4.78, 5) is 11.4. The van der Waals surface area contributed by atoms with Gasteiger partial charge in [0.05, 0.1) is 39.5 Å². The molecule has 4 aromatic heterocycles. The third-order valence-corrected chi connectivity index (χ3v) is 12.6. The van der Waals surface area contributed by atoms with E-state index in [9.17, 15) is 38.6 Å². The van der Waals surface area contributed by atoms with Crippen LogP contribution in [0.1, 0.15) is 18.6 Å². The number of anilines is 2. The van der Waals surface area contributed by atoms with Gasteiger partial charge in [-0.1, -0.05) is 74.2 Å². The Hall–Kier alpha value is -8.48. The molecule has 1 aliphatic heterocycles. The number of pyridine rings is 1. The third-order valence-electron chi connectivity index (χ3n) is 9.38. The number of sulfonamides is 1. The van der Waals surface area contributed by atoms with E-state index in [-0.39, 0.29) is 50.6 Å². The Bertz CT molecular complexity index is 3630. The number of nitrogens with two attached hydrogens (primary N) is 1. The fourth-order valence-corrected chi connectivity index (χ4v) is 8.46. The number of halogens is 2. The van der Waals surface area contributed by atoms with Gasteiger partial charge in [0.25, 0.3) is 10.0 Å². The second-order valence-electron chi connectivity index (χ2n) is 14.2. The van der Waals surface area contributed by atoms with E-state index in [4.69, 9.17) is 20.8 Å². The maximum atomic E-state index is 13.8. The number of para-hydroxylation sites is 3. The number of benzene rings is 5. The molecule has 0 fully saturated rings. The summed E-state index contributed by atoms with van der Waals surface area (Å²) in [5.41, 5.74) is 7.95. The molecule has 1 unspecified atom stereocenters. The van der Waals surface area contributed by atoms with Crippen molar-refractivity contribution in [2.45, 2.75) is 17.2 Å². The van der Waals surface area contributed by atoms with Crippen molar-refractivity contribution >= 4 is 74.5 Å². The lowest BCUT2D eigenvalue weighted by atomic mass is 10.2. The number of quaternary nitrogens is 1. The van der Waals surface area contributed by atoms with Crippen LogP contribution in [0.15, 0.2) is 199 Å². The molecule has 9 aromatic rings. The number of aromatic nitrogens is 4. The van der Waals surface area contributed by atoms with E-state index in [1.807, 2.05) is 48.9 Å². The Kier molecular flexibility index (Phi) is 20.0. The summed E-state index contributed by atoms with van der Waals surface area (Å²) >= 11 is 0. The predicted molar refractivity (Wildman–Crippen MR) is 266 cm³/mol. The number of nitriles is 2. The number of hydrogen-bond donors (Lipinski definition) is 7. The normalized spacial score (nSPS) is 12.5. The number of allylic oxidation sites excluding steroid dienone is 2. The second-order valence-corrected chi connectivity index (χ2v) is 18.7. The number of nitrogen functional groups attached to an aromatic ring is 1. The van der Waals surface area contributed by atoms with Crippen molar-refractivity contribution in [2.75, 3.05) is 17.0 Å². The summed E-state index contributed by atoms with van der Waals surface area (Å²) < 4.78 is 115. The fourth-order valence-electron chi connectivity index (χ4n) is 6.00. The molecule has 10 rings (SSSR count). The average molecular weight is 1020 g/mol. The summed E-state index contributed by atoms with van der Waals surface area (Å²) in [5, 5.41) is 19.2. The Labute approximate surface area is 408 Å². The molecule has 0 saturated carbocycles. The highest BCUT2D eigenvalue weighted by atomic mass is 32.2. The summed E-state index contributed by atoms with van der Waals surface area (Å²) in [5.74, 6) is -1.35. The van der Waals surface area contributed by atoms with Crippen molar-refractivity contribution < 1.29 is 52.4 Å². The van der Waals surface area contributed by atoms with Crippen LogP contribution in [-0.2, 0) is 30.4 Å². The van der Waals surface area contributed by atoms with E-state index in [0.29, 0.717) is 21.8 Å². The molecule has 0 amide bonds. The molecule has 9 N–H and O–H groups in total. The second kappa shape index (κ2) is 25.8. The van der Waals surface area contributed by atoms with Gasteiger partial charge < -0.3 is 25.2 Å². The zero-order valence-corrected chi connectivity index (χ0v) is 38.8. The van der Waals surface area contributed by atoms with E-state index >= 15 is 0 Å². The van der Waals surface area contributed by atoms with Crippen LogP contribution in [0, 0.1) is 34.3 Å². The Morgan fingerprint density at radius 2 is 1.23 bits per heavy atom. The molecule has 0 radical (unpaired) electrons. The molecule has 22 heteroatoms. The SMILES string of the molecule is C.N#Cc1ccc(N)c(F)c1.N#Cc1ccc(NS(=O)(=O)c2c[nH]c3ccccc23)c(F)c1.O=S(=O)(O)[NH+]1C=CC=CC1.O=S(=O)([O-])c1c[nH]c2ccccc12.c1cc[nH+]cc1.c1ccc2[nH]ccc2c1. The molecule has 0 saturated heterocycles. The van der Waals surface area contributed by atoms with Crippen LogP contribution >= 0.6 is 0 Å². The fraction of sp³-hybridized carbons (Fsp3) is 0.0408. The highest BCUT2D eigenvalue weighted by Crippen LogP contribution is 2.26. The third kappa shape index (κ3) is 16.3. The number of aromatic amines is 4. The van der Waals surface area contributed by atoms with Crippen molar-refractivity contribution in [3.63, 3.8) is 0 Å². The molecule has 366 valence electrons. The minimum absolute atomic E-state index is 0. The summed E-state index contributed by atoms with van der Waals surface area (Å²) in [6, 6.07) is 40.9. The average Bonchev–Trinajstić information content (AvgIpc) is 4.14. The van der Waals surface area contributed by atoms with Gasteiger partial charge in [-0.2, -0.15) is 14.8 Å². The number of fused-ring (bicyclic) bond motifs is 3. The van der Waals surface area contributed by atoms with Crippen LogP contribution < -0.4 is 19.7 Å². The van der Waals surface area contributed by atoms with Gasteiger partial charge in [-0.3, -0.25) is 4.72 Å². The lowest BCUT2D eigenvalue weighted by Crippen LogP contribution is -3.09. The topological polar surface area (TPSA) is 297 Å². The van der Waals surface area contributed by atoms with Crippen LogP contribution in [-0.4, -0.2) is 55.9 Å². The van der Waals surface area contributed by atoms with Gasteiger partial charge in [0.2, 0.25) is 0 Å². The summed E-state index contributed by atoms with van der Waals surface area (Å²) in [7, 11) is -12.3. The maximum Gasteiger partial charge on any atom is 0.436 e. The monoisotopic (exact) mass is 1020 g/mol. The van der Waals surface area contributed by atoms with Crippen molar-refractivity contribution in [1.29, 1.82) is 10.5 Å². The van der Waals surface area contributed by atoms with Crippen molar-refractivity contribution in [1.82, 2.24) is 15.0 Å². The van der Waals surface area contributed by atoms with Gasteiger partial charge in [0.1, 0.15) is 39.4 Å². The summed E-state index contributed by atoms with van der Waals surface area (Å²) in [6.45, 7) is 0.287. The minimum atomic E-state index is -4.37. The highest BCUT2D eigenvalue weighted by molar-refractivity contribution is 7.93. The number of H-pyrrole nitrogens is 4. The van der Waals surface area contributed by atoms with Crippen molar-refractivity contribution in [2.24, 2.45) is 0 Å². The van der Waals surface area contributed by atoms with E-state index in [2.05, 4.69) is 42.9 Å². The van der Waals surface area contributed by atoms with E-state index < -0.39 is 42.1 Å². The van der Waals surface area contributed by atoms with E-state index in [0.717, 1.165) is 12.1 Å².